The first-order chi connectivity index (χ1) is 33.1. The molecule has 374 valence electrons. The van der Waals surface area contributed by atoms with Gasteiger partial charge < -0.3 is 14.6 Å². The third-order valence-corrected chi connectivity index (χ3v) is 19.5. The molecule has 0 bridgehead atoms. The van der Waals surface area contributed by atoms with Crippen LogP contribution >= 0.6 is 11.6 Å². The number of amides is 1. The average Bonchev–Trinajstić information content (AvgIpc) is 4.00. The number of hydrogen-bond donors (Lipinski definition) is 2. The summed E-state index contributed by atoms with van der Waals surface area (Å²) in [5.74, 6) is -0.214. The van der Waals surface area contributed by atoms with Crippen molar-refractivity contribution in [2.45, 2.75) is 93.0 Å². The number of aromatic amines is 1. The van der Waals surface area contributed by atoms with Crippen LogP contribution in [0.2, 0.25) is 5.02 Å². The summed E-state index contributed by atoms with van der Waals surface area (Å²) in [5, 5.41) is 1.41. The number of aryl methyl sites for hydroxylation is 1. The summed E-state index contributed by atoms with van der Waals surface area (Å²) < 4.78 is 122. The molecular weight excluding hydrogens is 985 g/mol. The molecule has 2 aliphatic carbocycles. The van der Waals surface area contributed by atoms with Gasteiger partial charge in [0.1, 0.15) is 17.1 Å². The number of pyridine rings is 1. The van der Waals surface area contributed by atoms with E-state index in [-0.39, 0.29) is 46.4 Å². The summed E-state index contributed by atoms with van der Waals surface area (Å²) in [6.45, 7) is 8.21. The molecule has 4 aliphatic rings. The van der Waals surface area contributed by atoms with Gasteiger partial charge in [0.25, 0.3) is 25.8 Å². The van der Waals surface area contributed by atoms with E-state index in [2.05, 4.69) is 50.1 Å². The second-order valence-electron chi connectivity index (χ2n) is 19.7. The molecule has 2 aromatic heterocycles. The number of sulfone groups is 1. The van der Waals surface area contributed by atoms with E-state index in [0.29, 0.717) is 71.7 Å². The summed E-state index contributed by atoms with van der Waals surface area (Å²) in [6.07, 6.45) is 9.31. The number of alkyl halides is 3. The van der Waals surface area contributed by atoms with Crippen LogP contribution in [0.1, 0.15) is 86.7 Å². The first kappa shape index (κ1) is 50.0. The van der Waals surface area contributed by atoms with Gasteiger partial charge in [0.15, 0.2) is 0 Å². The van der Waals surface area contributed by atoms with Gasteiger partial charge in [0.05, 0.1) is 27.6 Å². The number of ether oxygens (including phenoxy) is 1. The fourth-order valence-corrected chi connectivity index (χ4v) is 14.5. The van der Waals surface area contributed by atoms with Crippen LogP contribution in [-0.2, 0) is 36.0 Å². The molecule has 3 fully saturated rings. The number of allylic oxidation sites excluding steroid dienone is 1. The third kappa shape index (κ3) is 11.4. The minimum absolute atomic E-state index is 0.0117. The van der Waals surface area contributed by atoms with Crippen LogP contribution in [0.25, 0.3) is 16.6 Å². The number of hydrogen-bond acceptors (Lipinski definition) is 11. The van der Waals surface area contributed by atoms with Crippen molar-refractivity contribution < 1.29 is 43.7 Å². The number of carbonyl (C=O) groups is 1. The van der Waals surface area contributed by atoms with Crippen LogP contribution in [0, 0.1) is 11.3 Å². The molecule has 2 saturated heterocycles. The zero-order valence-electron chi connectivity index (χ0n) is 38.9. The Balaban J connectivity index is 0.938. The fraction of sp³-hybridized carbons (Fsp3) is 0.440. The van der Waals surface area contributed by atoms with Gasteiger partial charge in [-0.25, -0.2) is 35.1 Å². The molecule has 5 aromatic rings. The van der Waals surface area contributed by atoms with Crippen molar-refractivity contribution in [3.8, 4) is 11.5 Å². The van der Waals surface area contributed by atoms with E-state index in [4.69, 9.17) is 16.3 Å². The molecule has 4 heterocycles. The predicted molar refractivity (Wildman–Crippen MR) is 266 cm³/mol. The lowest BCUT2D eigenvalue weighted by molar-refractivity contribution is -0.0436. The molecule has 1 saturated carbocycles. The lowest BCUT2D eigenvalue weighted by Gasteiger charge is -2.39. The highest BCUT2D eigenvalue weighted by Crippen LogP contribution is 2.44. The SMILES string of the molecule is CC1(C)CCC(CN2CCN(c3ccc(C(=O)NS(=O)(=O)c4ccc(CCC5CCS(=O)(=NC6CC6)CC5)c(S(=O)(=O)C(F)(F)F)c4)c(Oc4cnc5[nH]ccc5c4)c3)CC2)=C(c2ccc(Cl)cc2)C1. The standard InChI is InChI=1S/C50H56ClF3N6O7S3/c1-49(2)19-15-37(44(30-49)34-5-8-38(51)9-6-34)32-59-21-23-60(24-22-59)40-12-14-43(45(28-40)67-41-27-36-16-20-55-47(36)56-31-41)48(61)58-70(65,66)42-13-7-35(46(29-42)69(63,64)50(52,53)54)4-3-33-17-25-68(62,26-18-33)57-39-10-11-39/h5-9,12-14,16,20,27-29,31,33,39H,3-4,10-11,15,17-19,21-26,30,32H2,1-2H3,(H,55,56)(H,58,61). The maximum atomic E-state index is 14.1. The van der Waals surface area contributed by atoms with Crippen molar-refractivity contribution in [3.05, 3.63) is 112 Å². The largest absolute Gasteiger partial charge is 0.501 e. The van der Waals surface area contributed by atoms with Crippen molar-refractivity contribution in [1.82, 2.24) is 19.6 Å². The predicted octanol–water partition coefficient (Wildman–Crippen LogP) is 10.2. The van der Waals surface area contributed by atoms with Crippen molar-refractivity contribution in [3.63, 3.8) is 0 Å². The van der Waals surface area contributed by atoms with Crippen molar-refractivity contribution in [2.75, 3.05) is 49.1 Å². The highest BCUT2D eigenvalue weighted by atomic mass is 35.5. The minimum Gasteiger partial charge on any atom is -0.455 e. The molecule has 13 nitrogen and oxygen atoms in total. The Hall–Kier alpha value is -4.95. The normalized spacial score (nSPS) is 21.5. The zero-order valence-corrected chi connectivity index (χ0v) is 42.1. The molecule has 3 aromatic carbocycles. The van der Waals surface area contributed by atoms with E-state index in [1.54, 1.807) is 30.5 Å². The van der Waals surface area contributed by atoms with Gasteiger partial charge in [0.2, 0.25) is 0 Å². The summed E-state index contributed by atoms with van der Waals surface area (Å²) in [4.78, 5) is 24.0. The van der Waals surface area contributed by atoms with E-state index < -0.39 is 50.8 Å². The number of anilines is 1. The molecular formula is C50H56ClF3N6O7S3. The minimum atomic E-state index is -6.03. The average molecular weight is 1040 g/mol. The second-order valence-corrected chi connectivity index (χ2v) is 26.3. The van der Waals surface area contributed by atoms with Gasteiger partial charge >= 0.3 is 5.51 Å². The lowest BCUT2D eigenvalue weighted by Crippen LogP contribution is -2.47. The fourth-order valence-electron chi connectivity index (χ4n) is 9.65. The number of aromatic nitrogens is 2. The van der Waals surface area contributed by atoms with Gasteiger partial charge in [0, 0.05) is 82.3 Å². The molecule has 0 spiro atoms. The van der Waals surface area contributed by atoms with Crippen LogP contribution in [0.15, 0.2) is 105 Å². The number of H-pyrrole nitrogens is 1. The van der Waals surface area contributed by atoms with Crippen LogP contribution in [0.3, 0.4) is 0 Å². The maximum Gasteiger partial charge on any atom is 0.501 e. The molecule has 0 atom stereocenters. The maximum absolute atomic E-state index is 14.1. The molecule has 0 radical (unpaired) electrons. The number of sulfonamides is 1. The topological polar surface area (TPSA) is 171 Å². The first-order valence-corrected chi connectivity index (χ1v) is 28.8. The highest BCUT2D eigenvalue weighted by Gasteiger charge is 2.48. The molecule has 0 unspecified atom stereocenters. The van der Waals surface area contributed by atoms with Gasteiger partial charge in [-0.2, -0.15) is 13.2 Å². The molecule has 70 heavy (non-hydrogen) atoms. The van der Waals surface area contributed by atoms with Crippen molar-refractivity contribution >= 4 is 69.4 Å². The smallest absolute Gasteiger partial charge is 0.455 e. The molecule has 2 N–H and O–H groups in total. The summed E-state index contributed by atoms with van der Waals surface area (Å²) in [7, 11) is -13.3. The molecule has 9 rings (SSSR count). The summed E-state index contributed by atoms with van der Waals surface area (Å²) >= 11 is 6.24. The van der Waals surface area contributed by atoms with E-state index in [0.717, 1.165) is 63.9 Å². The van der Waals surface area contributed by atoms with Gasteiger partial charge in [-0.05, 0) is 134 Å². The number of nitrogens with one attached hydrogen (secondary N) is 2. The second kappa shape index (κ2) is 19.6. The van der Waals surface area contributed by atoms with Crippen molar-refractivity contribution in [2.24, 2.45) is 15.7 Å². The Labute approximate surface area is 412 Å². The number of piperazine rings is 1. The van der Waals surface area contributed by atoms with E-state index in [1.807, 2.05) is 16.9 Å². The number of halogens is 4. The summed E-state index contributed by atoms with van der Waals surface area (Å²) in [5.41, 5.74) is -0.703. The van der Waals surface area contributed by atoms with Crippen molar-refractivity contribution in [1.29, 1.82) is 0 Å². The Morgan fingerprint density at radius 1 is 0.957 bits per heavy atom. The lowest BCUT2D eigenvalue weighted by atomic mass is 9.72. The molecule has 2 aliphatic heterocycles. The summed E-state index contributed by atoms with van der Waals surface area (Å²) in [6, 6.07) is 18.9. The quantitative estimate of drug-likeness (QED) is 0.109. The highest BCUT2D eigenvalue weighted by molar-refractivity contribution is 7.93. The third-order valence-electron chi connectivity index (χ3n) is 13.9. The number of nitrogens with zero attached hydrogens (tertiary/aromatic N) is 4. The number of benzene rings is 3. The van der Waals surface area contributed by atoms with E-state index in [9.17, 15) is 39.0 Å². The Morgan fingerprint density at radius 2 is 1.69 bits per heavy atom. The van der Waals surface area contributed by atoms with Crippen LogP contribution in [0.4, 0.5) is 18.9 Å². The van der Waals surface area contributed by atoms with Gasteiger partial charge in [-0.1, -0.05) is 49.2 Å². The zero-order chi connectivity index (χ0) is 49.6. The number of rotatable bonds is 14. The van der Waals surface area contributed by atoms with Crippen LogP contribution < -0.4 is 14.4 Å². The van der Waals surface area contributed by atoms with E-state index in [1.165, 1.54) is 29.0 Å². The first-order valence-electron chi connectivity index (χ1n) is 23.6. The van der Waals surface area contributed by atoms with Crippen LogP contribution in [0.5, 0.6) is 11.5 Å². The molecule has 1 amide bonds. The monoisotopic (exact) mass is 1040 g/mol. The van der Waals surface area contributed by atoms with Gasteiger partial charge in [-0.15, -0.1) is 0 Å². The number of carbonyl (C=O) groups excluding carboxylic acids is 1. The Bertz CT molecular complexity index is 3180. The van der Waals surface area contributed by atoms with Crippen LogP contribution in [-0.4, -0.2) is 97.6 Å². The molecule has 20 heteroatoms. The Kier molecular flexibility index (Phi) is 14.0. The number of fused-ring (bicyclic) bond motifs is 1. The van der Waals surface area contributed by atoms with Gasteiger partial charge in [-0.3, -0.25) is 9.69 Å². The van der Waals surface area contributed by atoms with E-state index >= 15 is 0 Å². The Morgan fingerprint density at radius 3 is 2.39 bits per heavy atom.